The van der Waals surface area contributed by atoms with E-state index in [1.54, 1.807) is 0 Å². The predicted molar refractivity (Wildman–Crippen MR) is 41.1 cm³/mol. The number of fused-ring (bicyclic) bond motifs is 1. The van der Waals surface area contributed by atoms with Gasteiger partial charge in [-0.15, -0.1) is 0 Å². The second-order valence-corrected chi connectivity index (χ2v) is 2.93. The zero-order valence-electron chi connectivity index (χ0n) is 6.19. The van der Waals surface area contributed by atoms with Gasteiger partial charge in [-0.1, -0.05) is 18.2 Å². The van der Waals surface area contributed by atoms with Crippen LogP contribution in [-0.4, -0.2) is 19.0 Å². The highest BCUT2D eigenvalue weighted by Crippen LogP contribution is 2.27. The second kappa shape index (κ2) is 2.62. The third-order valence-electron chi connectivity index (χ3n) is 2.20. The maximum absolute atomic E-state index is 10.4. The minimum Gasteiger partial charge on any atom is -0.374 e. The Morgan fingerprint density at radius 2 is 2.55 bits per heavy atom. The number of hydrogen-bond donors (Lipinski definition) is 0. The van der Waals surface area contributed by atoms with Gasteiger partial charge in [0.05, 0.1) is 6.10 Å². The van der Waals surface area contributed by atoms with Crippen LogP contribution in [0.3, 0.4) is 0 Å². The zero-order valence-corrected chi connectivity index (χ0v) is 6.19. The van der Waals surface area contributed by atoms with Crippen molar-refractivity contribution in [1.82, 2.24) is 0 Å². The summed E-state index contributed by atoms with van der Waals surface area (Å²) in [7, 11) is 0. The van der Waals surface area contributed by atoms with Gasteiger partial charge in [-0.2, -0.15) is 0 Å². The van der Waals surface area contributed by atoms with E-state index in [0.29, 0.717) is 5.92 Å². The third kappa shape index (κ3) is 1.14. The average molecular weight is 150 g/mol. The van der Waals surface area contributed by atoms with Crippen molar-refractivity contribution in [2.24, 2.45) is 5.92 Å². The highest BCUT2D eigenvalue weighted by atomic mass is 16.5. The molecular weight excluding hydrogens is 140 g/mol. The van der Waals surface area contributed by atoms with Gasteiger partial charge in [-0.05, 0) is 6.42 Å². The van der Waals surface area contributed by atoms with Crippen LogP contribution in [-0.2, 0) is 9.53 Å². The molecule has 0 spiro atoms. The molecule has 0 aromatic heterocycles. The second-order valence-electron chi connectivity index (χ2n) is 2.93. The third-order valence-corrected chi connectivity index (χ3v) is 2.20. The smallest absolute Gasteiger partial charge is 0.149 e. The lowest BCUT2D eigenvalue weighted by molar-refractivity contribution is -0.104. The van der Waals surface area contributed by atoms with Crippen molar-refractivity contribution in [2.75, 3.05) is 6.61 Å². The Morgan fingerprint density at radius 3 is 3.36 bits per heavy atom. The Bertz CT molecular complexity index is 228. The van der Waals surface area contributed by atoms with Crippen LogP contribution in [0.15, 0.2) is 23.8 Å². The van der Waals surface area contributed by atoms with Crippen LogP contribution >= 0.6 is 0 Å². The number of carbonyl (C=O) groups is 1. The van der Waals surface area contributed by atoms with Gasteiger partial charge in [0.15, 0.2) is 0 Å². The molecule has 0 amide bonds. The highest BCUT2D eigenvalue weighted by Gasteiger charge is 2.26. The summed E-state index contributed by atoms with van der Waals surface area (Å²) >= 11 is 0. The van der Waals surface area contributed by atoms with E-state index < -0.39 is 0 Å². The first kappa shape index (κ1) is 6.80. The first-order valence-electron chi connectivity index (χ1n) is 3.87. The molecule has 1 saturated heterocycles. The van der Waals surface area contributed by atoms with Crippen molar-refractivity contribution in [3.05, 3.63) is 23.8 Å². The van der Waals surface area contributed by atoms with Crippen molar-refractivity contribution >= 4 is 6.29 Å². The van der Waals surface area contributed by atoms with Crippen molar-refractivity contribution in [3.8, 4) is 0 Å². The number of hydrogen-bond acceptors (Lipinski definition) is 2. The molecule has 1 aliphatic carbocycles. The van der Waals surface area contributed by atoms with E-state index >= 15 is 0 Å². The molecule has 0 saturated carbocycles. The Hall–Kier alpha value is -0.890. The van der Waals surface area contributed by atoms with Crippen molar-refractivity contribution < 1.29 is 9.53 Å². The molecule has 2 heteroatoms. The molecule has 0 radical (unpaired) electrons. The quantitative estimate of drug-likeness (QED) is 0.523. The van der Waals surface area contributed by atoms with E-state index in [-0.39, 0.29) is 6.10 Å². The van der Waals surface area contributed by atoms with Crippen molar-refractivity contribution in [1.29, 1.82) is 0 Å². The fourth-order valence-electron chi connectivity index (χ4n) is 1.59. The average Bonchev–Trinajstić information content (AvgIpc) is 2.50. The molecule has 2 aliphatic rings. The maximum Gasteiger partial charge on any atom is 0.149 e. The molecule has 1 fully saturated rings. The summed E-state index contributed by atoms with van der Waals surface area (Å²) in [6.45, 7) is 0.822. The van der Waals surface area contributed by atoms with Crippen LogP contribution in [0.2, 0.25) is 0 Å². The minimum absolute atomic E-state index is 0.235. The van der Waals surface area contributed by atoms with E-state index in [9.17, 15) is 4.79 Å². The lowest BCUT2D eigenvalue weighted by atomic mass is 9.94. The Morgan fingerprint density at radius 1 is 1.64 bits per heavy atom. The van der Waals surface area contributed by atoms with E-state index in [0.717, 1.165) is 24.9 Å². The van der Waals surface area contributed by atoms with Gasteiger partial charge in [0.25, 0.3) is 0 Å². The van der Waals surface area contributed by atoms with Crippen LogP contribution in [0.4, 0.5) is 0 Å². The normalized spacial score (nSPS) is 34.7. The molecule has 2 rings (SSSR count). The lowest BCUT2D eigenvalue weighted by Gasteiger charge is -2.14. The van der Waals surface area contributed by atoms with Crippen molar-refractivity contribution in [3.63, 3.8) is 0 Å². The van der Waals surface area contributed by atoms with Gasteiger partial charge in [0.2, 0.25) is 0 Å². The fourth-order valence-corrected chi connectivity index (χ4v) is 1.59. The van der Waals surface area contributed by atoms with E-state index in [2.05, 4.69) is 0 Å². The lowest BCUT2D eigenvalue weighted by Crippen LogP contribution is -2.14. The van der Waals surface area contributed by atoms with E-state index in [4.69, 9.17) is 4.74 Å². The molecule has 2 atom stereocenters. The predicted octanol–water partition coefficient (Wildman–Crippen LogP) is 1.09. The molecule has 1 aliphatic heterocycles. The van der Waals surface area contributed by atoms with Crippen LogP contribution in [0, 0.1) is 5.92 Å². The summed E-state index contributed by atoms with van der Waals surface area (Å²) in [5, 5.41) is 0. The first-order chi connectivity index (χ1) is 5.40. The topological polar surface area (TPSA) is 26.3 Å². The number of carbonyl (C=O) groups excluding carboxylic acids is 1. The zero-order chi connectivity index (χ0) is 7.68. The fraction of sp³-hybridized carbons (Fsp3) is 0.444. The number of allylic oxidation sites excluding steroid dienone is 2. The summed E-state index contributed by atoms with van der Waals surface area (Å²) in [4.78, 5) is 10.4. The molecule has 1 heterocycles. The molecule has 2 nitrogen and oxygen atoms in total. The van der Waals surface area contributed by atoms with Gasteiger partial charge < -0.3 is 4.74 Å². The van der Waals surface area contributed by atoms with Crippen LogP contribution in [0.25, 0.3) is 0 Å². The largest absolute Gasteiger partial charge is 0.374 e. The van der Waals surface area contributed by atoms with Crippen LogP contribution in [0.1, 0.15) is 6.42 Å². The van der Waals surface area contributed by atoms with E-state index in [1.807, 2.05) is 18.2 Å². The monoisotopic (exact) mass is 150 g/mol. The summed E-state index contributed by atoms with van der Waals surface area (Å²) in [6, 6.07) is 0. The van der Waals surface area contributed by atoms with Gasteiger partial charge in [-0.3, -0.25) is 4.79 Å². The molecule has 2 unspecified atom stereocenters. The van der Waals surface area contributed by atoms with Gasteiger partial charge >= 0.3 is 0 Å². The summed E-state index contributed by atoms with van der Waals surface area (Å²) in [6.07, 6.45) is 7.99. The number of ether oxygens (including phenoxy) is 1. The van der Waals surface area contributed by atoms with Crippen molar-refractivity contribution in [2.45, 2.75) is 12.5 Å². The highest BCUT2D eigenvalue weighted by molar-refractivity contribution is 5.78. The number of rotatable bonds is 1. The molecule has 0 N–H and O–H groups in total. The molecule has 0 aromatic rings. The molecular formula is C9H10O2. The first-order valence-corrected chi connectivity index (χ1v) is 3.87. The molecule has 11 heavy (non-hydrogen) atoms. The minimum atomic E-state index is 0.235. The summed E-state index contributed by atoms with van der Waals surface area (Å²) < 4.78 is 5.40. The summed E-state index contributed by atoms with van der Waals surface area (Å²) in [5.41, 5.74) is 0.789. The maximum atomic E-state index is 10.4. The van der Waals surface area contributed by atoms with Gasteiger partial charge in [0.1, 0.15) is 6.29 Å². The number of aldehydes is 1. The SMILES string of the molecule is O=CC1=CC2CCOC2C=C1. The van der Waals surface area contributed by atoms with E-state index in [1.165, 1.54) is 0 Å². The molecule has 0 bridgehead atoms. The van der Waals surface area contributed by atoms with Gasteiger partial charge in [0, 0.05) is 18.1 Å². The van der Waals surface area contributed by atoms with Crippen LogP contribution in [0.5, 0.6) is 0 Å². The summed E-state index contributed by atoms with van der Waals surface area (Å²) in [5.74, 6) is 0.445. The van der Waals surface area contributed by atoms with Gasteiger partial charge in [-0.25, -0.2) is 0 Å². The Kier molecular flexibility index (Phi) is 1.62. The molecule has 58 valence electrons. The Balaban J connectivity index is 2.20. The van der Waals surface area contributed by atoms with Crippen LogP contribution < -0.4 is 0 Å². The standard InChI is InChI=1S/C9H10O2/c10-6-7-1-2-9-8(5-7)3-4-11-9/h1-2,5-6,8-9H,3-4H2. The molecule has 0 aromatic carbocycles. The Labute approximate surface area is 65.5 Å².